The van der Waals surface area contributed by atoms with E-state index in [0.29, 0.717) is 27.9 Å². The van der Waals surface area contributed by atoms with Crippen molar-refractivity contribution in [2.45, 2.75) is 65.5 Å². The van der Waals surface area contributed by atoms with E-state index in [2.05, 4.69) is 33.0 Å². The van der Waals surface area contributed by atoms with Crippen molar-refractivity contribution in [1.82, 2.24) is 10.2 Å². The molecule has 180 valence electrons. The number of ether oxygens (including phenoxy) is 1. The summed E-state index contributed by atoms with van der Waals surface area (Å²) in [6.45, 7) is 10.5. The number of hydrogen-bond donors (Lipinski definition) is 1. The van der Waals surface area contributed by atoms with Crippen LogP contribution in [-0.4, -0.2) is 35.9 Å². The third-order valence-corrected chi connectivity index (χ3v) is 6.14. The van der Waals surface area contributed by atoms with Crippen LogP contribution < -0.4 is 10.1 Å². The average Bonchev–Trinajstić information content (AvgIpc) is 2.76. The monoisotopic (exact) mass is 492 g/mol. The molecule has 0 radical (unpaired) electrons. The molecule has 0 aromatic heterocycles. The first-order valence-electron chi connectivity index (χ1n) is 11.3. The fraction of sp³-hybridized carbons (Fsp3) is 0.462. The maximum atomic E-state index is 13.3. The number of amides is 2. The standard InChI is InChI=1S/C26H34Cl2N2O3/c1-6-7-15-29-25(32)18(2)30(16-19-21(27)12-10-13-22(19)28)24(31)17-33-23-14-9-8-11-20(23)26(3,4)5/h8-14,18H,6-7,15-17H2,1-5H3,(H,29,32). The van der Waals surface area contributed by atoms with Crippen molar-refractivity contribution in [3.63, 3.8) is 0 Å². The van der Waals surface area contributed by atoms with Crippen molar-refractivity contribution in [3.05, 3.63) is 63.6 Å². The molecule has 7 heteroatoms. The van der Waals surface area contributed by atoms with Crippen molar-refractivity contribution in [2.75, 3.05) is 13.2 Å². The predicted molar refractivity (Wildman–Crippen MR) is 135 cm³/mol. The van der Waals surface area contributed by atoms with Gasteiger partial charge in [0.2, 0.25) is 5.91 Å². The second kappa shape index (κ2) is 12.3. The number of para-hydroxylation sites is 1. The fourth-order valence-corrected chi connectivity index (χ4v) is 3.92. The minimum atomic E-state index is -0.719. The van der Waals surface area contributed by atoms with Gasteiger partial charge in [-0.1, -0.05) is 81.6 Å². The quantitative estimate of drug-likeness (QED) is 0.413. The molecule has 1 atom stereocenters. The number of carbonyl (C=O) groups is 2. The number of hydrogen-bond acceptors (Lipinski definition) is 3. The lowest BCUT2D eigenvalue weighted by Gasteiger charge is -2.30. The van der Waals surface area contributed by atoms with Gasteiger partial charge in [0, 0.05) is 28.7 Å². The molecule has 2 amide bonds. The minimum absolute atomic E-state index is 0.101. The van der Waals surface area contributed by atoms with Crippen LogP contribution in [0.4, 0.5) is 0 Å². The Kier molecular flexibility index (Phi) is 10.1. The van der Waals surface area contributed by atoms with Crippen LogP contribution in [-0.2, 0) is 21.5 Å². The SMILES string of the molecule is CCCCNC(=O)C(C)N(Cc1c(Cl)cccc1Cl)C(=O)COc1ccccc1C(C)(C)C. The van der Waals surface area contributed by atoms with Gasteiger partial charge in [0.1, 0.15) is 11.8 Å². The third kappa shape index (κ3) is 7.65. The summed E-state index contributed by atoms with van der Waals surface area (Å²) in [5, 5.41) is 3.78. The Morgan fingerprint density at radius 2 is 1.70 bits per heavy atom. The lowest BCUT2D eigenvalue weighted by molar-refractivity contribution is -0.142. The molecule has 0 spiro atoms. The van der Waals surface area contributed by atoms with Crippen LogP contribution in [0.5, 0.6) is 5.75 Å². The lowest BCUT2D eigenvalue weighted by atomic mass is 9.86. The zero-order valence-electron chi connectivity index (χ0n) is 20.1. The Hall–Kier alpha value is -2.24. The first-order valence-corrected chi connectivity index (χ1v) is 12.0. The fourth-order valence-electron chi connectivity index (χ4n) is 3.41. The molecule has 5 nitrogen and oxygen atoms in total. The molecule has 2 aromatic carbocycles. The highest BCUT2D eigenvalue weighted by atomic mass is 35.5. The maximum absolute atomic E-state index is 13.3. The van der Waals surface area contributed by atoms with Gasteiger partial charge in [-0.05, 0) is 42.5 Å². The molecular weight excluding hydrogens is 459 g/mol. The van der Waals surface area contributed by atoms with Crippen molar-refractivity contribution >= 4 is 35.0 Å². The first kappa shape index (κ1) is 27.0. The van der Waals surface area contributed by atoms with Gasteiger partial charge in [0.05, 0.1) is 0 Å². The van der Waals surface area contributed by atoms with Crippen molar-refractivity contribution in [1.29, 1.82) is 0 Å². The van der Waals surface area contributed by atoms with Crippen LogP contribution in [0.1, 0.15) is 58.6 Å². The normalized spacial score (nSPS) is 12.2. The van der Waals surface area contributed by atoms with E-state index in [1.165, 1.54) is 4.90 Å². The van der Waals surface area contributed by atoms with E-state index in [1.54, 1.807) is 25.1 Å². The molecule has 1 N–H and O–H groups in total. The van der Waals surface area contributed by atoms with E-state index < -0.39 is 6.04 Å². The van der Waals surface area contributed by atoms with Gasteiger partial charge in [-0.15, -0.1) is 0 Å². The van der Waals surface area contributed by atoms with E-state index in [0.717, 1.165) is 18.4 Å². The Balaban J connectivity index is 2.25. The van der Waals surface area contributed by atoms with E-state index in [9.17, 15) is 9.59 Å². The molecule has 0 aliphatic rings. The molecule has 0 bridgehead atoms. The number of rotatable bonds is 10. The van der Waals surface area contributed by atoms with Gasteiger partial charge in [0.15, 0.2) is 6.61 Å². The number of halogens is 2. The molecule has 33 heavy (non-hydrogen) atoms. The van der Waals surface area contributed by atoms with Gasteiger partial charge in [-0.3, -0.25) is 9.59 Å². The molecule has 0 fully saturated rings. The summed E-state index contributed by atoms with van der Waals surface area (Å²) in [5.74, 6) is 0.0945. The number of nitrogens with one attached hydrogen (secondary N) is 1. The van der Waals surface area contributed by atoms with Crippen LogP contribution in [0.25, 0.3) is 0 Å². The zero-order chi connectivity index (χ0) is 24.6. The summed E-state index contributed by atoms with van der Waals surface area (Å²) in [6, 6.07) is 12.1. The molecule has 0 heterocycles. The second-order valence-corrected chi connectivity index (χ2v) is 9.89. The molecule has 1 unspecified atom stereocenters. The highest BCUT2D eigenvalue weighted by Crippen LogP contribution is 2.31. The van der Waals surface area contributed by atoms with E-state index >= 15 is 0 Å². The Labute approximate surface area is 207 Å². The van der Waals surface area contributed by atoms with Crippen molar-refractivity contribution in [2.24, 2.45) is 0 Å². The molecule has 2 rings (SSSR count). The van der Waals surface area contributed by atoms with Crippen LogP contribution in [0.2, 0.25) is 10.0 Å². The van der Waals surface area contributed by atoms with E-state index in [-0.39, 0.29) is 30.4 Å². The average molecular weight is 493 g/mol. The number of benzene rings is 2. The number of carbonyl (C=O) groups excluding carboxylic acids is 2. The highest BCUT2D eigenvalue weighted by Gasteiger charge is 2.28. The minimum Gasteiger partial charge on any atom is -0.483 e. The smallest absolute Gasteiger partial charge is 0.261 e. The number of unbranched alkanes of at least 4 members (excludes halogenated alkanes) is 1. The maximum Gasteiger partial charge on any atom is 0.261 e. The molecule has 0 saturated carbocycles. The summed E-state index contributed by atoms with van der Waals surface area (Å²) in [6.07, 6.45) is 1.84. The van der Waals surface area contributed by atoms with Gasteiger partial charge in [0.25, 0.3) is 5.91 Å². The summed E-state index contributed by atoms with van der Waals surface area (Å²) in [4.78, 5) is 27.6. The first-order chi connectivity index (χ1) is 15.6. The molecule has 0 aliphatic carbocycles. The van der Waals surface area contributed by atoms with Gasteiger partial charge in [-0.2, -0.15) is 0 Å². The third-order valence-electron chi connectivity index (χ3n) is 5.43. The van der Waals surface area contributed by atoms with E-state index in [4.69, 9.17) is 27.9 Å². The molecule has 0 aliphatic heterocycles. The highest BCUT2D eigenvalue weighted by molar-refractivity contribution is 6.36. The molecule has 2 aromatic rings. The second-order valence-electron chi connectivity index (χ2n) is 9.08. The molecule has 0 saturated heterocycles. The lowest BCUT2D eigenvalue weighted by Crippen LogP contribution is -2.49. The summed E-state index contributed by atoms with van der Waals surface area (Å²) in [7, 11) is 0. The largest absolute Gasteiger partial charge is 0.483 e. The van der Waals surface area contributed by atoms with Crippen LogP contribution in [0, 0.1) is 0 Å². The number of nitrogens with zero attached hydrogens (tertiary/aromatic N) is 1. The van der Waals surface area contributed by atoms with Crippen LogP contribution in [0.15, 0.2) is 42.5 Å². The molecular formula is C26H34Cl2N2O3. The summed E-state index contributed by atoms with van der Waals surface area (Å²) >= 11 is 12.7. The Morgan fingerprint density at radius 3 is 2.30 bits per heavy atom. The van der Waals surface area contributed by atoms with E-state index in [1.807, 2.05) is 24.3 Å². The van der Waals surface area contributed by atoms with Crippen molar-refractivity contribution < 1.29 is 14.3 Å². The topological polar surface area (TPSA) is 58.6 Å². The summed E-state index contributed by atoms with van der Waals surface area (Å²) in [5.41, 5.74) is 1.46. The Morgan fingerprint density at radius 1 is 1.06 bits per heavy atom. The van der Waals surface area contributed by atoms with Gasteiger partial charge < -0.3 is 15.0 Å². The Bertz CT molecular complexity index is 937. The van der Waals surface area contributed by atoms with Crippen LogP contribution in [0.3, 0.4) is 0 Å². The summed E-state index contributed by atoms with van der Waals surface area (Å²) < 4.78 is 5.94. The predicted octanol–water partition coefficient (Wildman–Crippen LogP) is 6.00. The van der Waals surface area contributed by atoms with Gasteiger partial charge >= 0.3 is 0 Å². The zero-order valence-corrected chi connectivity index (χ0v) is 21.6. The van der Waals surface area contributed by atoms with Gasteiger partial charge in [-0.25, -0.2) is 0 Å². The van der Waals surface area contributed by atoms with Crippen molar-refractivity contribution in [3.8, 4) is 5.75 Å². The van der Waals surface area contributed by atoms with Crippen LogP contribution >= 0.6 is 23.2 Å².